The number of carboxylic acids is 1. The molecule has 1 fully saturated rings. The van der Waals surface area contributed by atoms with Crippen LogP contribution in [0.25, 0.3) is 0 Å². The Morgan fingerprint density at radius 2 is 2.20 bits per heavy atom. The largest absolute Gasteiger partial charge is 0.479 e. The number of nitrogens with one attached hydrogen (secondary N) is 1. The first-order valence-corrected chi connectivity index (χ1v) is 4.88. The fourth-order valence-corrected chi connectivity index (χ4v) is 1.31. The highest BCUT2D eigenvalue weighted by atomic mass is 16.7. The van der Waals surface area contributed by atoms with E-state index in [-0.39, 0.29) is 6.04 Å². The highest BCUT2D eigenvalue weighted by molar-refractivity contribution is 5.73. The van der Waals surface area contributed by atoms with Gasteiger partial charge < -0.3 is 10.0 Å². The molecule has 1 aliphatic rings. The molecule has 0 radical (unpaired) electrons. The third-order valence-electron chi connectivity index (χ3n) is 2.59. The number of aliphatic carboxylic acids is 1. The molecule has 0 aromatic heterocycles. The fraction of sp³-hybridized carbons (Fsp3) is 0.778. The summed E-state index contributed by atoms with van der Waals surface area (Å²) >= 11 is 0. The number of carbonyl (C=O) groups excluding carboxylic acids is 1. The van der Waals surface area contributed by atoms with E-state index in [0.29, 0.717) is 5.92 Å². The predicted molar refractivity (Wildman–Crippen MR) is 52.1 cm³/mol. The minimum absolute atomic E-state index is 0.165. The van der Waals surface area contributed by atoms with Crippen molar-refractivity contribution in [1.29, 1.82) is 0 Å². The van der Waals surface area contributed by atoms with E-state index >= 15 is 0 Å². The normalized spacial score (nSPS) is 16.9. The lowest BCUT2D eigenvalue weighted by Crippen LogP contribution is -2.43. The number of hydrogen-bond donors (Lipinski definition) is 2. The lowest BCUT2D eigenvalue weighted by Gasteiger charge is -2.24. The molecular weight excluding hydrogens is 200 g/mol. The first-order chi connectivity index (χ1) is 7.02. The minimum Gasteiger partial charge on any atom is -0.479 e. The number of carbonyl (C=O) groups is 2. The predicted octanol–water partition coefficient (Wildman–Crippen LogP) is 0.442. The van der Waals surface area contributed by atoms with Crippen LogP contribution in [-0.2, 0) is 9.63 Å². The molecule has 1 rings (SSSR count). The van der Waals surface area contributed by atoms with Crippen LogP contribution in [0.15, 0.2) is 0 Å². The maximum absolute atomic E-state index is 11.4. The van der Waals surface area contributed by atoms with Crippen molar-refractivity contribution in [3.8, 4) is 0 Å². The van der Waals surface area contributed by atoms with Crippen molar-refractivity contribution >= 4 is 12.0 Å². The molecule has 0 spiro atoms. The van der Waals surface area contributed by atoms with Crippen molar-refractivity contribution in [2.75, 3.05) is 13.7 Å². The van der Waals surface area contributed by atoms with E-state index in [1.54, 1.807) is 7.05 Å². The summed E-state index contributed by atoms with van der Waals surface area (Å²) in [6, 6.07) is -0.242. The van der Waals surface area contributed by atoms with Gasteiger partial charge >= 0.3 is 12.0 Å². The maximum Gasteiger partial charge on any atom is 0.341 e. The van der Waals surface area contributed by atoms with Gasteiger partial charge in [0, 0.05) is 13.1 Å². The summed E-state index contributed by atoms with van der Waals surface area (Å²) in [6.45, 7) is 1.44. The molecule has 0 saturated heterocycles. The third-order valence-corrected chi connectivity index (χ3v) is 2.59. The van der Waals surface area contributed by atoms with E-state index in [2.05, 4.69) is 10.3 Å². The maximum atomic E-state index is 11.4. The van der Waals surface area contributed by atoms with Gasteiger partial charge in [0.1, 0.15) is 0 Å². The van der Waals surface area contributed by atoms with Crippen molar-refractivity contribution < 1.29 is 19.5 Å². The van der Waals surface area contributed by atoms with Crippen LogP contribution in [0.1, 0.15) is 19.8 Å². The highest BCUT2D eigenvalue weighted by Crippen LogP contribution is 2.34. The Bertz CT molecular complexity index is 252. The third kappa shape index (κ3) is 3.75. The highest BCUT2D eigenvalue weighted by Gasteiger charge is 2.32. The van der Waals surface area contributed by atoms with Gasteiger partial charge in [-0.25, -0.2) is 15.1 Å². The minimum atomic E-state index is -1.12. The average Bonchev–Trinajstić information content (AvgIpc) is 2.98. The molecule has 2 amide bonds. The van der Waals surface area contributed by atoms with Crippen molar-refractivity contribution in [3.63, 3.8) is 0 Å². The summed E-state index contributed by atoms with van der Waals surface area (Å²) in [5.41, 5.74) is 2.08. The SMILES string of the molecule is CC(C1CC1)N(C)C(=O)NOCC(=O)O. The molecular formula is C9H16N2O4. The van der Waals surface area contributed by atoms with Crippen LogP contribution in [0.3, 0.4) is 0 Å². The number of carboxylic acid groups (broad SMARTS) is 1. The smallest absolute Gasteiger partial charge is 0.341 e. The number of rotatable bonds is 5. The lowest BCUT2D eigenvalue weighted by atomic mass is 10.2. The zero-order valence-corrected chi connectivity index (χ0v) is 8.90. The summed E-state index contributed by atoms with van der Waals surface area (Å²) in [5, 5.41) is 8.28. The van der Waals surface area contributed by atoms with Gasteiger partial charge in [-0.2, -0.15) is 0 Å². The van der Waals surface area contributed by atoms with Crippen LogP contribution in [0.4, 0.5) is 4.79 Å². The molecule has 15 heavy (non-hydrogen) atoms. The summed E-state index contributed by atoms with van der Waals surface area (Å²) in [7, 11) is 1.67. The second-order valence-electron chi connectivity index (χ2n) is 3.78. The van der Waals surface area contributed by atoms with Crippen molar-refractivity contribution in [1.82, 2.24) is 10.4 Å². The number of hydrogen-bond acceptors (Lipinski definition) is 3. The fourth-order valence-electron chi connectivity index (χ4n) is 1.31. The molecule has 0 aliphatic heterocycles. The van der Waals surface area contributed by atoms with Crippen molar-refractivity contribution in [2.45, 2.75) is 25.8 Å². The van der Waals surface area contributed by atoms with E-state index in [4.69, 9.17) is 5.11 Å². The quantitative estimate of drug-likeness (QED) is 0.654. The van der Waals surface area contributed by atoms with Gasteiger partial charge in [0.05, 0.1) is 0 Å². The second kappa shape index (κ2) is 4.97. The Balaban J connectivity index is 2.22. The molecule has 1 unspecified atom stereocenters. The van der Waals surface area contributed by atoms with Crippen LogP contribution < -0.4 is 5.48 Å². The molecule has 6 nitrogen and oxygen atoms in total. The van der Waals surface area contributed by atoms with Gasteiger partial charge in [-0.1, -0.05) is 0 Å². The number of urea groups is 1. The molecule has 0 bridgehead atoms. The Morgan fingerprint density at radius 1 is 1.60 bits per heavy atom. The van der Waals surface area contributed by atoms with Crippen LogP contribution in [0.5, 0.6) is 0 Å². The lowest BCUT2D eigenvalue weighted by molar-refractivity contribution is -0.144. The van der Waals surface area contributed by atoms with Gasteiger partial charge in [-0.05, 0) is 25.7 Å². The molecule has 0 aromatic carbocycles. The van der Waals surface area contributed by atoms with Crippen LogP contribution >= 0.6 is 0 Å². The number of hydroxylamine groups is 1. The van der Waals surface area contributed by atoms with Crippen LogP contribution in [-0.4, -0.2) is 41.7 Å². The molecule has 86 valence electrons. The zero-order chi connectivity index (χ0) is 11.4. The van der Waals surface area contributed by atoms with Gasteiger partial charge in [-0.3, -0.25) is 4.84 Å². The molecule has 0 heterocycles. The molecule has 1 saturated carbocycles. The average molecular weight is 216 g/mol. The molecule has 1 aliphatic carbocycles. The summed E-state index contributed by atoms with van der Waals surface area (Å²) < 4.78 is 0. The van der Waals surface area contributed by atoms with Crippen molar-refractivity contribution in [3.05, 3.63) is 0 Å². The Labute approximate surface area is 88.1 Å². The standard InChI is InChI=1S/C9H16N2O4/c1-6(7-3-4-7)11(2)9(14)10-15-5-8(12)13/h6-7H,3-5H2,1-2H3,(H,10,14)(H,12,13). The molecule has 2 N–H and O–H groups in total. The summed E-state index contributed by atoms with van der Waals surface area (Å²) in [5.74, 6) is -0.548. The monoisotopic (exact) mass is 216 g/mol. The zero-order valence-electron chi connectivity index (χ0n) is 8.90. The molecule has 1 atom stereocenters. The number of amides is 2. The Morgan fingerprint density at radius 3 is 2.67 bits per heavy atom. The van der Waals surface area contributed by atoms with Gasteiger partial charge in [0.2, 0.25) is 0 Å². The second-order valence-corrected chi connectivity index (χ2v) is 3.78. The molecule has 6 heteroatoms. The van der Waals surface area contributed by atoms with E-state index in [0.717, 1.165) is 12.8 Å². The number of nitrogens with zero attached hydrogens (tertiary/aromatic N) is 1. The van der Waals surface area contributed by atoms with Crippen LogP contribution in [0, 0.1) is 5.92 Å². The van der Waals surface area contributed by atoms with Gasteiger partial charge in [0.15, 0.2) is 6.61 Å². The van der Waals surface area contributed by atoms with E-state index in [1.165, 1.54) is 4.90 Å². The van der Waals surface area contributed by atoms with E-state index < -0.39 is 18.6 Å². The molecule has 0 aromatic rings. The summed E-state index contributed by atoms with van der Waals surface area (Å²) in [4.78, 5) is 27.5. The van der Waals surface area contributed by atoms with Gasteiger partial charge in [-0.15, -0.1) is 0 Å². The Kier molecular flexibility index (Phi) is 3.90. The summed E-state index contributed by atoms with van der Waals surface area (Å²) in [6.07, 6.45) is 2.30. The first-order valence-electron chi connectivity index (χ1n) is 4.88. The van der Waals surface area contributed by atoms with E-state index in [9.17, 15) is 9.59 Å². The Hall–Kier alpha value is -1.30. The van der Waals surface area contributed by atoms with E-state index in [1.807, 2.05) is 6.92 Å². The topological polar surface area (TPSA) is 78.9 Å². The van der Waals surface area contributed by atoms with Crippen LogP contribution in [0.2, 0.25) is 0 Å². The van der Waals surface area contributed by atoms with Gasteiger partial charge in [0.25, 0.3) is 0 Å². The first kappa shape index (κ1) is 11.8. The van der Waals surface area contributed by atoms with Crippen molar-refractivity contribution in [2.24, 2.45) is 5.92 Å².